The molecule has 1 atom stereocenters. The maximum atomic E-state index is 5.95. The number of hydrogen-bond donors (Lipinski definition) is 1. The minimum absolute atomic E-state index is 0.414. The van der Waals surface area contributed by atoms with Crippen LogP contribution in [-0.2, 0) is 0 Å². The van der Waals surface area contributed by atoms with Crippen molar-refractivity contribution in [2.45, 2.75) is 38.8 Å². The summed E-state index contributed by atoms with van der Waals surface area (Å²) in [4.78, 5) is 6.78. The Hall–Kier alpha value is -0.320. The summed E-state index contributed by atoms with van der Waals surface area (Å²) in [5, 5.41) is 4.19. The molecule has 0 saturated carbocycles. The van der Waals surface area contributed by atoms with Crippen LogP contribution in [0.25, 0.3) is 0 Å². The van der Waals surface area contributed by atoms with E-state index in [0.717, 1.165) is 23.4 Å². The third-order valence-electron chi connectivity index (χ3n) is 3.26. The van der Waals surface area contributed by atoms with Crippen molar-refractivity contribution in [3.63, 3.8) is 0 Å². The molecule has 1 unspecified atom stereocenters. The van der Waals surface area contributed by atoms with Crippen LogP contribution in [-0.4, -0.2) is 30.2 Å². The molecular weight excluding hydrogens is 314 g/mol. The fourth-order valence-corrected chi connectivity index (χ4v) is 3.18. The second-order valence-electron chi connectivity index (χ2n) is 5.00. The molecule has 1 fully saturated rings. The van der Waals surface area contributed by atoms with Gasteiger partial charge in [-0.1, -0.05) is 11.6 Å². The molecule has 18 heavy (non-hydrogen) atoms. The molecule has 0 aromatic carbocycles. The smallest absolute Gasteiger partial charge is 0.143 e. The first kappa shape index (κ1) is 14.1. The Balaban J connectivity index is 2.17. The lowest BCUT2D eigenvalue weighted by Gasteiger charge is -2.31. The van der Waals surface area contributed by atoms with Crippen LogP contribution < -0.4 is 10.2 Å². The van der Waals surface area contributed by atoms with Gasteiger partial charge in [-0.3, -0.25) is 0 Å². The van der Waals surface area contributed by atoms with Crippen LogP contribution in [0.1, 0.15) is 26.7 Å². The van der Waals surface area contributed by atoms with Crippen molar-refractivity contribution in [1.82, 2.24) is 10.3 Å². The van der Waals surface area contributed by atoms with Crippen LogP contribution in [0.4, 0.5) is 5.82 Å². The number of pyridine rings is 1. The monoisotopic (exact) mass is 331 g/mol. The first-order chi connectivity index (χ1) is 8.58. The fourth-order valence-electron chi connectivity index (χ4n) is 2.31. The quantitative estimate of drug-likeness (QED) is 0.915. The third kappa shape index (κ3) is 3.37. The SMILES string of the molecule is CC(C)N(CC1CCCN1)c1ncc(Cl)cc1Br. The highest BCUT2D eigenvalue weighted by Crippen LogP contribution is 2.28. The Morgan fingerprint density at radius 2 is 2.39 bits per heavy atom. The molecule has 1 aromatic rings. The largest absolute Gasteiger partial charge is 0.352 e. The molecule has 1 aromatic heterocycles. The van der Waals surface area contributed by atoms with Gasteiger partial charge in [0.25, 0.3) is 0 Å². The summed E-state index contributed by atoms with van der Waals surface area (Å²) in [7, 11) is 0. The van der Waals surface area contributed by atoms with E-state index in [1.165, 1.54) is 12.8 Å². The van der Waals surface area contributed by atoms with Gasteiger partial charge in [-0.05, 0) is 55.2 Å². The molecule has 0 amide bonds. The van der Waals surface area contributed by atoms with Gasteiger partial charge in [-0.25, -0.2) is 4.98 Å². The summed E-state index contributed by atoms with van der Waals surface area (Å²) in [5.41, 5.74) is 0. The Kier molecular flexibility index (Phi) is 4.87. The van der Waals surface area contributed by atoms with E-state index < -0.39 is 0 Å². The Labute approximate surface area is 122 Å². The van der Waals surface area contributed by atoms with Crippen LogP contribution in [0.5, 0.6) is 0 Å². The molecule has 2 rings (SSSR count). The van der Waals surface area contributed by atoms with Gasteiger partial charge in [0.05, 0.1) is 9.50 Å². The van der Waals surface area contributed by atoms with Crippen molar-refractivity contribution < 1.29 is 0 Å². The molecule has 1 N–H and O–H groups in total. The summed E-state index contributed by atoms with van der Waals surface area (Å²) in [6.07, 6.45) is 4.22. The van der Waals surface area contributed by atoms with Gasteiger partial charge in [0.2, 0.25) is 0 Å². The first-order valence-corrected chi connectivity index (χ1v) is 7.56. The molecule has 1 saturated heterocycles. The molecule has 0 bridgehead atoms. The number of aromatic nitrogens is 1. The van der Waals surface area contributed by atoms with Gasteiger partial charge in [0.1, 0.15) is 5.82 Å². The van der Waals surface area contributed by atoms with Crippen molar-refractivity contribution in [2.75, 3.05) is 18.0 Å². The summed E-state index contributed by atoms with van der Waals surface area (Å²) >= 11 is 9.50. The molecule has 1 aliphatic rings. The van der Waals surface area contributed by atoms with Gasteiger partial charge >= 0.3 is 0 Å². The second kappa shape index (κ2) is 6.22. The minimum atomic E-state index is 0.414. The summed E-state index contributed by atoms with van der Waals surface area (Å²) < 4.78 is 0.960. The van der Waals surface area contributed by atoms with Crippen LogP contribution in [0.15, 0.2) is 16.7 Å². The van der Waals surface area contributed by atoms with Crippen molar-refractivity contribution in [2.24, 2.45) is 0 Å². The highest BCUT2D eigenvalue weighted by molar-refractivity contribution is 9.10. The average molecular weight is 333 g/mol. The van der Waals surface area contributed by atoms with Gasteiger partial charge in [-0.15, -0.1) is 0 Å². The molecule has 3 nitrogen and oxygen atoms in total. The number of rotatable bonds is 4. The zero-order chi connectivity index (χ0) is 13.1. The van der Waals surface area contributed by atoms with Crippen LogP contribution in [0, 0.1) is 0 Å². The zero-order valence-corrected chi connectivity index (χ0v) is 13.1. The zero-order valence-electron chi connectivity index (χ0n) is 10.8. The van der Waals surface area contributed by atoms with E-state index in [1.54, 1.807) is 6.20 Å². The van der Waals surface area contributed by atoms with E-state index in [9.17, 15) is 0 Å². The van der Waals surface area contributed by atoms with E-state index in [4.69, 9.17) is 11.6 Å². The van der Waals surface area contributed by atoms with Crippen molar-refractivity contribution in [1.29, 1.82) is 0 Å². The van der Waals surface area contributed by atoms with E-state index in [0.29, 0.717) is 17.1 Å². The van der Waals surface area contributed by atoms with E-state index in [2.05, 4.69) is 45.0 Å². The van der Waals surface area contributed by atoms with E-state index >= 15 is 0 Å². The van der Waals surface area contributed by atoms with Gasteiger partial charge in [0, 0.05) is 24.8 Å². The molecule has 1 aliphatic heterocycles. The number of halogens is 2. The first-order valence-electron chi connectivity index (χ1n) is 6.39. The normalized spacial score (nSPS) is 19.5. The predicted octanol–water partition coefficient (Wildman–Crippen LogP) is 3.46. The number of hydrogen-bond acceptors (Lipinski definition) is 3. The number of nitrogens with one attached hydrogen (secondary N) is 1. The lowest BCUT2D eigenvalue weighted by Crippen LogP contribution is -2.42. The lowest BCUT2D eigenvalue weighted by atomic mass is 10.2. The highest BCUT2D eigenvalue weighted by atomic mass is 79.9. The van der Waals surface area contributed by atoms with Crippen molar-refractivity contribution >= 4 is 33.3 Å². The Morgan fingerprint density at radius 3 is 2.94 bits per heavy atom. The van der Waals surface area contributed by atoms with Crippen LogP contribution >= 0.6 is 27.5 Å². The summed E-state index contributed by atoms with van der Waals surface area (Å²) in [6, 6.07) is 2.88. The molecular formula is C13H19BrClN3. The lowest BCUT2D eigenvalue weighted by molar-refractivity contribution is 0.548. The standard InChI is InChI=1S/C13H19BrClN3/c1-9(2)18(8-11-4-3-5-16-11)13-12(14)6-10(15)7-17-13/h6-7,9,11,16H,3-5,8H2,1-2H3. The summed E-state index contributed by atoms with van der Waals surface area (Å²) in [5.74, 6) is 0.975. The molecule has 5 heteroatoms. The topological polar surface area (TPSA) is 28.2 Å². The number of anilines is 1. The maximum absolute atomic E-state index is 5.95. The van der Waals surface area contributed by atoms with Gasteiger partial charge < -0.3 is 10.2 Å². The molecule has 2 heterocycles. The molecule has 0 spiro atoms. The summed E-state index contributed by atoms with van der Waals surface area (Å²) in [6.45, 7) is 6.51. The number of nitrogens with zero attached hydrogens (tertiary/aromatic N) is 2. The second-order valence-corrected chi connectivity index (χ2v) is 6.29. The predicted molar refractivity (Wildman–Crippen MR) is 80.5 cm³/mol. The highest BCUT2D eigenvalue weighted by Gasteiger charge is 2.22. The third-order valence-corrected chi connectivity index (χ3v) is 4.05. The van der Waals surface area contributed by atoms with Crippen molar-refractivity contribution in [3.8, 4) is 0 Å². The molecule has 0 radical (unpaired) electrons. The van der Waals surface area contributed by atoms with E-state index in [-0.39, 0.29) is 0 Å². The van der Waals surface area contributed by atoms with Crippen LogP contribution in [0.3, 0.4) is 0 Å². The van der Waals surface area contributed by atoms with Crippen LogP contribution in [0.2, 0.25) is 5.02 Å². The molecule has 0 aliphatic carbocycles. The molecule has 100 valence electrons. The maximum Gasteiger partial charge on any atom is 0.143 e. The van der Waals surface area contributed by atoms with E-state index in [1.807, 2.05) is 6.07 Å². The van der Waals surface area contributed by atoms with Gasteiger partial charge in [-0.2, -0.15) is 0 Å². The van der Waals surface area contributed by atoms with Crippen molar-refractivity contribution in [3.05, 3.63) is 21.8 Å². The average Bonchev–Trinajstić information content (AvgIpc) is 2.79. The Bertz CT molecular complexity index is 405. The Morgan fingerprint density at radius 1 is 1.61 bits per heavy atom. The fraction of sp³-hybridized carbons (Fsp3) is 0.615. The van der Waals surface area contributed by atoms with Gasteiger partial charge in [0.15, 0.2) is 0 Å². The minimum Gasteiger partial charge on any atom is -0.352 e.